The Morgan fingerprint density at radius 3 is 2.88 bits per heavy atom. The Kier molecular flexibility index (Phi) is 4.40. The molecule has 0 aromatic heterocycles. The third-order valence-electron chi connectivity index (χ3n) is 2.83. The molecule has 0 bridgehead atoms. The van der Waals surface area contributed by atoms with E-state index in [1.54, 1.807) is 12.1 Å². The van der Waals surface area contributed by atoms with Gasteiger partial charge in [0, 0.05) is 6.61 Å². The Hall–Kier alpha value is -1.53. The van der Waals surface area contributed by atoms with Crippen LogP contribution in [0.2, 0.25) is 0 Å². The van der Waals surface area contributed by atoms with E-state index in [0.717, 1.165) is 18.3 Å². The Labute approximate surface area is 102 Å². The van der Waals surface area contributed by atoms with Crippen molar-refractivity contribution in [3.63, 3.8) is 0 Å². The summed E-state index contributed by atoms with van der Waals surface area (Å²) in [4.78, 5) is 0. The van der Waals surface area contributed by atoms with Crippen LogP contribution in [0.1, 0.15) is 24.8 Å². The highest BCUT2D eigenvalue weighted by Gasteiger charge is 2.20. The zero-order valence-corrected chi connectivity index (χ0v) is 9.89. The number of hydrogen-bond acceptors (Lipinski definition) is 3. The fourth-order valence-electron chi connectivity index (χ4n) is 1.63. The first-order valence-electron chi connectivity index (χ1n) is 6.09. The molecule has 0 N–H and O–H groups in total. The van der Waals surface area contributed by atoms with Crippen LogP contribution >= 0.6 is 0 Å². The Bertz CT molecular complexity index is 393. The minimum Gasteiger partial charge on any atom is -0.491 e. The number of ether oxygens (including phenoxy) is 2. The van der Waals surface area contributed by atoms with Gasteiger partial charge in [-0.1, -0.05) is 18.9 Å². The van der Waals surface area contributed by atoms with Crippen LogP contribution in [0.25, 0.3) is 0 Å². The fraction of sp³-hybridized carbons (Fsp3) is 0.500. The van der Waals surface area contributed by atoms with E-state index in [9.17, 15) is 0 Å². The Morgan fingerprint density at radius 2 is 2.12 bits per heavy atom. The van der Waals surface area contributed by atoms with E-state index in [4.69, 9.17) is 14.7 Å². The quantitative estimate of drug-likeness (QED) is 0.678. The van der Waals surface area contributed by atoms with Crippen molar-refractivity contribution in [2.24, 2.45) is 5.92 Å². The van der Waals surface area contributed by atoms with Gasteiger partial charge in [-0.05, 0) is 30.5 Å². The van der Waals surface area contributed by atoms with Crippen LogP contribution in [-0.4, -0.2) is 19.8 Å². The van der Waals surface area contributed by atoms with Crippen molar-refractivity contribution in [1.82, 2.24) is 0 Å². The summed E-state index contributed by atoms with van der Waals surface area (Å²) in [6.45, 7) is 2.00. The second-order valence-corrected chi connectivity index (χ2v) is 4.33. The first kappa shape index (κ1) is 11.9. The van der Waals surface area contributed by atoms with Crippen molar-refractivity contribution < 1.29 is 9.47 Å². The summed E-state index contributed by atoms with van der Waals surface area (Å²) >= 11 is 0. The van der Waals surface area contributed by atoms with Crippen LogP contribution in [0.3, 0.4) is 0 Å². The van der Waals surface area contributed by atoms with Crippen molar-refractivity contribution in [3.8, 4) is 11.8 Å². The maximum absolute atomic E-state index is 8.73. The van der Waals surface area contributed by atoms with E-state index >= 15 is 0 Å². The molecule has 1 fully saturated rings. The molecule has 0 radical (unpaired) electrons. The third-order valence-corrected chi connectivity index (χ3v) is 2.83. The molecule has 0 spiro atoms. The molecular weight excluding hydrogens is 214 g/mol. The highest BCUT2D eigenvalue weighted by atomic mass is 16.5. The van der Waals surface area contributed by atoms with Crippen LogP contribution in [0.5, 0.6) is 5.75 Å². The lowest BCUT2D eigenvalue weighted by Gasteiger charge is -2.07. The molecule has 0 atom stereocenters. The Balaban J connectivity index is 1.58. The minimum absolute atomic E-state index is 0.541. The number of nitrogens with zero attached hydrogens (tertiary/aromatic N) is 1. The van der Waals surface area contributed by atoms with Gasteiger partial charge in [0.25, 0.3) is 0 Å². The highest BCUT2D eigenvalue weighted by Crippen LogP contribution is 2.31. The zero-order valence-electron chi connectivity index (χ0n) is 9.89. The molecule has 1 aliphatic rings. The van der Waals surface area contributed by atoms with E-state index in [1.807, 2.05) is 12.1 Å². The van der Waals surface area contributed by atoms with Crippen molar-refractivity contribution in [2.75, 3.05) is 19.8 Å². The lowest BCUT2D eigenvalue weighted by Crippen LogP contribution is -2.07. The van der Waals surface area contributed by atoms with Gasteiger partial charge >= 0.3 is 0 Å². The lowest BCUT2D eigenvalue weighted by molar-refractivity contribution is 0.0958. The largest absolute Gasteiger partial charge is 0.491 e. The minimum atomic E-state index is 0.541. The van der Waals surface area contributed by atoms with Crippen LogP contribution in [0.4, 0.5) is 0 Å². The molecule has 3 nitrogen and oxygen atoms in total. The summed E-state index contributed by atoms with van der Waals surface area (Å²) in [5, 5.41) is 8.73. The topological polar surface area (TPSA) is 42.2 Å². The molecule has 0 unspecified atom stereocenters. The molecule has 0 saturated heterocycles. The van der Waals surface area contributed by atoms with Gasteiger partial charge < -0.3 is 9.47 Å². The standard InChI is InChI=1S/C14H17NO2/c15-11-13-2-1-3-14(10-13)17-9-8-16-7-6-12-4-5-12/h1-3,10,12H,4-9H2. The predicted molar refractivity (Wildman–Crippen MR) is 64.8 cm³/mol. The van der Waals surface area contributed by atoms with Crippen molar-refractivity contribution >= 4 is 0 Å². The van der Waals surface area contributed by atoms with Gasteiger partial charge in [-0.2, -0.15) is 5.26 Å². The highest BCUT2D eigenvalue weighted by molar-refractivity contribution is 5.36. The fourth-order valence-corrected chi connectivity index (χ4v) is 1.63. The van der Waals surface area contributed by atoms with Crippen LogP contribution in [0, 0.1) is 17.2 Å². The van der Waals surface area contributed by atoms with E-state index < -0.39 is 0 Å². The second kappa shape index (κ2) is 6.27. The molecule has 0 amide bonds. The van der Waals surface area contributed by atoms with Gasteiger partial charge in [-0.25, -0.2) is 0 Å². The molecule has 1 aliphatic carbocycles. The number of hydrogen-bond donors (Lipinski definition) is 0. The maximum Gasteiger partial charge on any atom is 0.120 e. The average molecular weight is 231 g/mol. The Morgan fingerprint density at radius 1 is 1.24 bits per heavy atom. The van der Waals surface area contributed by atoms with Gasteiger partial charge in [-0.3, -0.25) is 0 Å². The van der Waals surface area contributed by atoms with Crippen molar-refractivity contribution in [3.05, 3.63) is 29.8 Å². The SMILES string of the molecule is N#Cc1cccc(OCCOCCC2CC2)c1. The number of benzene rings is 1. The van der Waals surface area contributed by atoms with E-state index in [2.05, 4.69) is 6.07 Å². The molecule has 1 aromatic carbocycles. The summed E-state index contributed by atoms with van der Waals surface area (Å²) < 4.78 is 11.0. The molecular formula is C14H17NO2. The number of rotatable bonds is 7. The van der Waals surface area contributed by atoms with Crippen LogP contribution < -0.4 is 4.74 Å². The molecule has 2 rings (SSSR count). The van der Waals surface area contributed by atoms with Crippen molar-refractivity contribution in [2.45, 2.75) is 19.3 Å². The van der Waals surface area contributed by atoms with Gasteiger partial charge in [0.1, 0.15) is 12.4 Å². The van der Waals surface area contributed by atoms with Gasteiger partial charge in [0.2, 0.25) is 0 Å². The molecule has 90 valence electrons. The van der Waals surface area contributed by atoms with Gasteiger partial charge in [-0.15, -0.1) is 0 Å². The normalized spacial score (nSPS) is 14.3. The van der Waals surface area contributed by atoms with Gasteiger partial charge in [0.05, 0.1) is 18.2 Å². The summed E-state index contributed by atoms with van der Waals surface area (Å²) in [5.74, 6) is 1.65. The predicted octanol–water partition coefficient (Wildman–Crippen LogP) is 2.75. The molecule has 3 heteroatoms. The van der Waals surface area contributed by atoms with E-state index in [1.165, 1.54) is 19.3 Å². The first-order valence-corrected chi connectivity index (χ1v) is 6.09. The molecule has 0 heterocycles. The smallest absolute Gasteiger partial charge is 0.120 e. The molecule has 1 aromatic rings. The molecule has 0 aliphatic heterocycles. The van der Waals surface area contributed by atoms with Crippen LogP contribution in [-0.2, 0) is 4.74 Å². The maximum atomic E-state index is 8.73. The summed E-state index contributed by atoms with van der Waals surface area (Å²) in [5.41, 5.74) is 0.622. The zero-order chi connectivity index (χ0) is 11.9. The second-order valence-electron chi connectivity index (χ2n) is 4.33. The lowest BCUT2D eigenvalue weighted by atomic mass is 10.2. The summed E-state index contributed by atoms with van der Waals surface area (Å²) in [6.07, 6.45) is 3.94. The van der Waals surface area contributed by atoms with Crippen molar-refractivity contribution in [1.29, 1.82) is 5.26 Å². The number of nitriles is 1. The average Bonchev–Trinajstić information content (AvgIpc) is 3.18. The third kappa shape index (κ3) is 4.46. The molecule has 17 heavy (non-hydrogen) atoms. The van der Waals surface area contributed by atoms with Crippen LogP contribution in [0.15, 0.2) is 24.3 Å². The monoisotopic (exact) mass is 231 g/mol. The summed E-state index contributed by atoms with van der Waals surface area (Å²) in [7, 11) is 0. The van der Waals surface area contributed by atoms with Gasteiger partial charge in [0.15, 0.2) is 0 Å². The van der Waals surface area contributed by atoms with E-state index in [-0.39, 0.29) is 0 Å². The summed E-state index contributed by atoms with van der Waals surface area (Å²) in [6, 6.07) is 9.26. The molecule has 1 saturated carbocycles. The van der Waals surface area contributed by atoms with E-state index in [0.29, 0.717) is 18.8 Å². The first-order chi connectivity index (χ1) is 8.38.